The molecule has 1 saturated carbocycles. The summed E-state index contributed by atoms with van der Waals surface area (Å²) in [5.74, 6) is -0.314. The first-order valence-corrected chi connectivity index (χ1v) is 9.02. The molecule has 0 aromatic carbocycles. The van der Waals surface area contributed by atoms with Crippen LogP contribution >= 0.6 is 0 Å². The fourth-order valence-electron chi connectivity index (χ4n) is 5.51. The number of fused-ring (bicyclic) bond motifs is 2. The molecule has 0 aromatic rings. The van der Waals surface area contributed by atoms with Gasteiger partial charge in [0, 0.05) is 16.6 Å². The maximum Gasteiger partial charge on any atom is 0.225 e. The average Bonchev–Trinajstić information content (AvgIpc) is 2.50. The molecule has 4 heteroatoms. The third-order valence-electron chi connectivity index (χ3n) is 6.63. The van der Waals surface area contributed by atoms with Gasteiger partial charge in [-0.2, -0.15) is 0 Å². The number of ketones is 2. The van der Waals surface area contributed by atoms with E-state index < -0.39 is 11.5 Å². The minimum atomic E-state index is -0.908. The quantitative estimate of drug-likeness (QED) is 0.779. The first-order chi connectivity index (χ1) is 11.6. The zero-order chi connectivity index (χ0) is 18.7. The lowest BCUT2D eigenvalue weighted by molar-refractivity contribution is -0.124. The zero-order valence-corrected chi connectivity index (χ0v) is 15.9. The number of hydrogen-bond donors (Lipinski definition) is 1. The number of allylic oxidation sites excluding steroid dienone is 3. The molecule has 0 spiro atoms. The predicted molar refractivity (Wildman–Crippen MR) is 95.7 cm³/mol. The van der Waals surface area contributed by atoms with Crippen LogP contribution in [-0.2, 0) is 14.3 Å². The maximum absolute atomic E-state index is 13.3. The minimum absolute atomic E-state index is 0.0153. The van der Waals surface area contributed by atoms with Crippen molar-refractivity contribution in [3.8, 4) is 0 Å². The van der Waals surface area contributed by atoms with Crippen molar-refractivity contribution in [2.45, 2.75) is 59.5 Å². The van der Waals surface area contributed by atoms with Gasteiger partial charge in [-0.3, -0.25) is 9.59 Å². The monoisotopic (exact) mass is 344 g/mol. The molecular formula is C21H28O4. The van der Waals surface area contributed by atoms with Gasteiger partial charge in [0.2, 0.25) is 5.78 Å². The van der Waals surface area contributed by atoms with Crippen LogP contribution in [0.3, 0.4) is 0 Å². The van der Waals surface area contributed by atoms with Crippen LogP contribution in [0.4, 0.5) is 0 Å². The van der Waals surface area contributed by atoms with Crippen LogP contribution < -0.4 is 0 Å². The van der Waals surface area contributed by atoms with E-state index in [-0.39, 0.29) is 39.8 Å². The van der Waals surface area contributed by atoms with Gasteiger partial charge < -0.3 is 9.84 Å². The van der Waals surface area contributed by atoms with E-state index in [1.165, 1.54) is 7.11 Å². The molecule has 25 heavy (non-hydrogen) atoms. The van der Waals surface area contributed by atoms with Crippen molar-refractivity contribution in [3.05, 3.63) is 34.6 Å². The summed E-state index contributed by atoms with van der Waals surface area (Å²) >= 11 is 0. The molecule has 3 aliphatic rings. The Hall–Kier alpha value is -1.68. The summed E-state index contributed by atoms with van der Waals surface area (Å²) in [7, 11) is 1.42. The van der Waals surface area contributed by atoms with Crippen LogP contribution in [0.25, 0.3) is 0 Å². The molecule has 0 saturated heterocycles. The summed E-state index contributed by atoms with van der Waals surface area (Å²) in [5, 5.41) is 10.8. The van der Waals surface area contributed by atoms with Crippen LogP contribution in [0, 0.1) is 16.7 Å². The van der Waals surface area contributed by atoms with Crippen molar-refractivity contribution in [1.29, 1.82) is 0 Å². The molecule has 3 aliphatic carbocycles. The van der Waals surface area contributed by atoms with Gasteiger partial charge in [-0.05, 0) is 43.1 Å². The highest BCUT2D eigenvalue weighted by atomic mass is 16.5. The Morgan fingerprint density at radius 1 is 1.20 bits per heavy atom. The molecule has 3 rings (SSSR count). The van der Waals surface area contributed by atoms with Crippen molar-refractivity contribution >= 4 is 11.6 Å². The van der Waals surface area contributed by atoms with Gasteiger partial charge in [-0.25, -0.2) is 0 Å². The van der Waals surface area contributed by atoms with Gasteiger partial charge in [0.05, 0.1) is 18.8 Å². The molecule has 0 amide bonds. The van der Waals surface area contributed by atoms with E-state index in [0.717, 1.165) is 19.3 Å². The topological polar surface area (TPSA) is 63.6 Å². The Balaban J connectivity index is 2.25. The SMILES string of the molecule is C=C(C)C1=C(OC)C(=O)C2=C(C1=O)C(O)CC1C(C)(C)CCCC21C. The number of carbonyl (C=O) groups excluding carboxylic acids is 2. The standard InChI is InChI=1S/C21H28O4/c1-11(2)14-17(23)15-12(22)10-13-20(3,4)8-7-9-21(13,5)16(15)18(24)19(14)25-6/h12-13,22H,1,7-10H2,2-6H3. The fourth-order valence-corrected chi connectivity index (χ4v) is 5.51. The molecular weight excluding hydrogens is 316 g/mol. The molecule has 1 N–H and O–H groups in total. The minimum Gasteiger partial charge on any atom is -0.492 e. The normalized spacial score (nSPS) is 34.6. The number of carbonyl (C=O) groups is 2. The number of rotatable bonds is 2. The van der Waals surface area contributed by atoms with Gasteiger partial charge in [-0.1, -0.05) is 33.8 Å². The number of aliphatic hydroxyl groups is 1. The highest BCUT2D eigenvalue weighted by Gasteiger charge is 2.57. The molecule has 3 unspecified atom stereocenters. The predicted octanol–water partition coefficient (Wildman–Crippen LogP) is 3.51. The van der Waals surface area contributed by atoms with Crippen molar-refractivity contribution in [1.82, 2.24) is 0 Å². The molecule has 3 atom stereocenters. The van der Waals surface area contributed by atoms with Crippen LogP contribution in [-0.4, -0.2) is 29.9 Å². The van der Waals surface area contributed by atoms with E-state index in [4.69, 9.17) is 4.74 Å². The molecule has 0 bridgehead atoms. The smallest absolute Gasteiger partial charge is 0.225 e. The molecule has 1 fully saturated rings. The van der Waals surface area contributed by atoms with E-state index in [9.17, 15) is 14.7 Å². The Bertz CT molecular complexity index is 737. The summed E-state index contributed by atoms with van der Waals surface area (Å²) in [4.78, 5) is 26.5. The van der Waals surface area contributed by atoms with Gasteiger partial charge in [0.15, 0.2) is 11.5 Å². The Kier molecular flexibility index (Phi) is 4.11. The second kappa shape index (κ2) is 5.66. The highest BCUT2D eigenvalue weighted by molar-refractivity contribution is 6.27. The summed E-state index contributed by atoms with van der Waals surface area (Å²) < 4.78 is 5.34. The van der Waals surface area contributed by atoms with Gasteiger partial charge in [0.1, 0.15) is 0 Å². The summed E-state index contributed by atoms with van der Waals surface area (Å²) in [6.45, 7) is 12.0. The number of hydrogen-bond acceptors (Lipinski definition) is 4. The second-order valence-corrected chi connectivity index (χ2v) is 8.70. The van der Waals surface area contributed by atoms with E-state index in [0.29, 0.717) is 17.6 Å². The first-order valence-electron chi connectivity index (χ1n) is 9.02. The Labute approximate surface area is 149 Å². The number of methoxy groups -OCH3 is 1. The zero-order valence-electron chi connectivity index (χ0n) is 15.9. The fraction of sp³-hybridized carbons (Fsp3) is 0.619. The van der Waals surface area contributed by atoms with Crippen LogP contribution in [0.2, 0.25) is 0 Å². The van der Waals surface area contributed by atoms with Crippen molar-refractivity contribution in [2.24, 2.45) is 16.7 Å². The van der Waals surface area contributed by atoms with Crippen molar-refractivity contribution in [2.75, 3.05) is 7.11 Å². The van der Waals surface area contributed by atoms with Gasteiger partial charge in [-0.15, -0.1) is 0 Å². The van der Waals surface area contributed by atoms with E-state index in [1.807, 2.05) is 0 Å². The van der Waals surface area contributed by atoms with E-state index in [1.54, 1.807) is 6.92 Å². The van der Waals surface area contributed by atoms with Crippen molar-refractivity contribution < 1.29 is 19.4 Å². The molecule has 0 heterocycles. The molecule has 4 nitrogen and oxygen atoms in total. The lowest BCUT2D eigenvalue weighted by Crippen LogP contribution is -2.52. The molecule has 0 radical (unpaired) electrons. The average molecular weight is 344 g/mol. The third-order valence-corrected chi connectivity index (χ3v) is 6.63. The summed E-state index contributed by atoms with van der Waals surface area (Å²) in [6, 6.07) is 0. The van der Waals surface area contributed by atoms with Crippen LogP contribution in [0.15, 0.2) is 34.6 Å². The van der Waals surface area contributed by atoms with Gasteiger partial charge in [0.25, 0.3) is 0 Å². The van der Waals surface area contributed by atoms with Gasteiger partial charge >= 0.3 is 0 Å². The first kappa shape index (κ1) is 18.1. The lowest BCUT2D eigenvalue weighted by atomic mass is 9.48. The maximum atomic E-state index is 13.3. The summed E-state index contributed by atoms with van der Waals surface area (Å²) in [5.41, 5.74) is 1.07. The largest absolute Gasteiger partial charge is 0.492 e. The molecule has 136 valence electrons. The Morgan fingerprint density at radius 3 is 2.40 bits per heavy atom. The second-order valence-electron chi connectivity index (χ2n) is 8.70. The van der Waals surface area contributed by atoms with Crippen molar-refractivity contribution in [3.63, 3.8) is 0 Å². The molecule has 0 aromatic heterocycles. The third kappa shape index (κ3) is 2.37. The number of ether oxygens (including phenoxy) is 1. The Morgan fingerprint density at radius 2 is 1.84 bits per heavy atom. The summed E-state index contributed by atoms with van der Waals surface area (Å²) in [6.07, 6.45) is 2.54. The van der Waals surface area contributed by atoms with E-state index in [2.05, 4.69) is 27.4 Å². The van der Waals surface area contributed by atoms with Crippen LogP contribution in [0.1, 0.15) is 53.4 Å². The highest BCUT2D eigenvalue weighted by Crippen LogP contribution is 2.61. The molecule has 0 aliphatic heterocycles. The number of Topliss-reactive ketones (excluding diaryl/α,β-unsaturated/α-hetero) is 2. The number of aliphatic hydroxyl groups excluding tert-OH is 1. The van der Waals surface area contributed by atoms with Crippen LogP contribution in [0.5, 0.6) is 0 Å². The lowest BCUT2D eigenvalue weighted by Gasteiger charge is -2.56. The van der Waals surface area contributed by atoms with E-state index >= 15 is 0 Å².